The Balaban J connectivity index is 1.42. The molecule has 32 heavy (non-hydrogen) atoms. The maximum absolute atomic E-state index is 12.3. The van der Waals surface area contributed by atoms with Gasteiger partial charge in [-0.1, -0.05) is 33.6 Å². The number of halogens is 1. The van der Waals surface area contributed by atoms with Gasteiger partial charge in [-0.15, -0.1) is 0 Å². The molecule has 0 saturated heterocycles. The molecule has 8 heteroatoms. The third kappa shape index (κ3) is 4.72. The minimum absolute atomic E-state index is 0.0636. The molecule has 166 valence electrons. The van der Waals surface area contributed by atoms with Crippen LogP contribution in [0.1, 0.15) is 5.56 Å². The van der Waals surface area contributed by atoms with Crippen LogP contribution in [0.4, 0.5) is 5.69 Å². The molecule has 0 aliphatic carbocycles. The number of aromatic nitrogens is 2. The van der Waals surface area contributed by atoms with E-state index in [1.165, 1.54) is 0 Å². The Morgan fingerprint density at radius 1 is 1.03 bits per heavy atom. The fourth-order valence-electron chi connectivity index (χ4n) is 3.48. The molecule has 0 radical (unpaired) electrons. The summed E-state index contributed by atoms with van der Waals surface area (Å²) in [6, 6.07) is 20.7. The van der Waals surface area contributed by atoms with Crippen molar-refractivity contribution in [3.8, 4) is 11.4 Å². The number of rotatable bonds is 7. The maximum atomic E-state index is 12.3. The lowest BCUT2D eigenvalue weighted by Crippen LogP contribution is -2.24. The normalized spacial score (nSPS) is 11.8. The van der Waals surface area contributed by atoms with Crippen LogP contribution in [0.2, 0.25) is 0 Å². The molecule has 3 aromatic carbocycles. The molecule has 0 atom stereocenters. The van der Waals surface area contributed by atoms with E-state index in [0.717, 1.165) is 38.1 Å². The minimum atomic E-state index is -3.76. The number of aryl methyl sites for hydroxylation is 2. The van der Waals surface area contributed by atoms with E-state index in [4.69, 9.17) is 9.17 Å². The minimum Gasteiger partial charge on any atom is -0.372 e. The van der Waals surface area contributed by atoms with E-state index in [-0.39, 0.29) is 11.5 Å². The molecule has 0 bridgehead atoms. The SMILES string of the molecule is Cc1ccc(S(=O)(=O)OCCN(C)c2ccc(-c3nc4cc(Br)ccc4n3C)cc2)cc1. The summed E-state index contributed by atoms with van der Waals surface area (Å²) in [7, 11) is 0.151. The first-order valence-corrected chi connectivity index (χ1v) is 12.3. The van der Waals surface area contributed by atoms with Gasteiger partial charge in [-0.2, -0.15) is 8.42 Å². The summed E-state index contributed by atoms with van der Waals surface area (Å²) in [4.78, 5) is 6.89. The second-order valence-corrected chi connectivity index (χ2v) is 10.2. The number of fused-ring (bicyclic) bond motifs is 1. The van der Waals surface area contributed by atoms with Crippen LogP contribution < -0.4 is 4.90 Å². The van der Waals surface area contributed by atoms with E-state index in [1.807, 2.05) is 68.4 Å². The lowest BCUT2D eigenvalue weighted by atomic mass is 10.2. The standard InChI is InChI=1S/C24H24BrN3O3S/c1-17-4-11-21(12-5-17)32(29,30)31-15-14-27(2)20-9-6-18(7-10-20)24-26-22-16-19(25)8-13-23(22)28(24)3/h4-13,16H,14-15H2,1-3H3. The van der Waals surface area contributed by atoms with Crippen molar-refractivity contribution in [3.05, 3.63) is 76.8 Å². The van der Waals surface area contributed by atoms with Crippen molar-refractivity contribution in [2.75, 3.05) is 25.1 Å². The Kier molecular flexibility index (Phi) is 6.37. The van der Waals surface area contributed by atoms with Crippen molar-refractivity contribution in [2.45, 2.75) is 11.8 Å². The second kappa shape index (κ2) is 9.05. The van der Waals surface area contributed by atoms with Crippen LogP contribution in [-0.4, -0.2) is 38.2 Å². The van der Waals surface area contributed by atoms with Crippen molar-refractivity contribution < 1.29 is 12.6 Å². The molecular weight excluding hydrogens is 490 g/mol. The molecular formula is C24H24BrN3O3S. The molecule has 0 N–H and O–H groups in total. The van der Waals surface area contributed by atoms with Gasteiger partial charge in [0, 0.05) is 36.4 Å². The largest absolute Gasteiger partial charge is 0.372 e. The van der Waals surface area contributed by atoms with Crippen molar-refractivity contribution >= 4 is 42.8 Å². The first-order chi connectivity index (χ1) is 15.2. The number of hydrogen-bond donors (Lipinski definition) is 0. The van der Waals surface area contributed by atoms with E-state index >= 15 is 0 Å². The molecule has 1 aromatic heterocycles. The Bertz CT molecular complexity index is 1350. The summed E-state index contributed by atoms with van der Waals surface area (Å²) < 4.78 is 33.0. The van der Waals surface area contributed by atoms with Crippen molar-refractivity contribution in [1.82, 2.24) is 9.55 Å². The number of hydrogen-bond acceptors (Lipinski definition) is 5. The van der Waals surface area contributed by atoms with Crippen LogP contribution in [0.25, 0.3) is 22.4 Å². The third-order valence-electron chi connectivity index (χ3n) is 5.38. The van der Waals surface area contributed by atoms with Gasteiger partial charge in [0.25, 0.3) is 10.1 Å². The molecule has 0 unspecified atom stereocenters. The average molecular weight is 514 g/mol. The first kappa shape index (κ1) is 22.5. The van der Waals surface area contributed by atoms with Gasteiger partial charge in [0.05, 0.1) is 22.5 Å². The zero-order valence-electron chi connectivity index (χ0n) is 18.1. The summed E-state index contributed by atoms with van der Waals surface area (Å²) in [5.74, 6) is 0.889. The lowest BCUT2D eigenvalue weighted by molar-refractivity contribution is 0.325. The predicted octanol–water partition coefficient (Wildman–Crippen LogP) is 5.15. The Morgan fingerprint density at radius 3 is 2.41 bits per heavy atom. The van der Waals surface area contributed by atoms with Gasteiger partial charge in [0.15, 0.2) is 0 Å². The lowest BCUT2D eigenvalue weighted by Gasteiger charge is -2.19. The van der Waals surface area contributed by atoms with Crippen LogP contribution in [0.15, 0.2) is 76.1 Å². The summed E-state index contributed by atoms with van der Waals surface area (Å²) >= 11 is 3.49. The van der Waals surface area contributed by atoms with Crippen LogP contribution in [0.3, 0.4) is 0 Å². The van der Waals surface area contributed by atoms with E-state index in [1.54, 1.807) is 24.3 Å². The van der Waals surface area contributed by atoms with E-state index < -0.39 is 10.1 Å². The summed E-state index contributed by atoms with van der Waals surface area (Å²) in [5.41, 5.74) is 4.97. The Morgan fingerprint density at radius 2 is 1.72 bits per heavy atom. The summed E-state index contributed by atoms with van der Waals surface area (Å²) in [6.07, 6.45) is 0. The number of nitrogens with zero attached hydrogens (tertiary/aromatic N) is 3. The van der Waals surface area contributed by atoms with Gasteiger partial charge in [-0.3, -0.25) is 4.18 Å². The van der Waals surface area contributed by atoms with Gasteiger partial charge >= 0.3 is 0 Å². The van der Waals surface area contributed by atoms with Gasteiger partial charge in [0.1, 0.15) is 5.82 Å². The second-order valence-electron chi connectivity index (χ2n) is 7.69. The molecule has 6 nitrogen and oxygen atoms in total. The Labute approximate surface area is 196 Å². The first-order valence-electron chi connectivity index (χ1n) is 10.1. The highest BCUT2D eigenvalue weighted by Crippen LogP contribution is 2.27. The van der Waals surface area contributed by atoms with Crippen LogP contribution in [-0.2, 0) is 21.3 Å². The molecule has 1 heterocycles. The summed E-state index contributed by atoms with van der Waals surface area (Å²) in [6.45, 7) is 2.41. The van der Waals surface area contributed by atoms with E-state index in [9.17, 15) is 8.42 Å². The molecule has 0 fully saturated rings. The van der Waals surface area contributed by atoms with Crippen molar-refractivity contribution in [3.63, 3.8) is 0 Å². The number of anilines is 1. The smallest absolute Gasteiger partial charge is 0.297 e. The average Bonchev–Trinajstić information content (AvgIpc) is 3.09. The molecule has 4 rings (SSSR count). The van der Waals surface area contributed by atoms with Gasteiger partial charge in [0.2, 0.25) is 0 Å². The van der Waals surface area contributed by atoms with Gasteiger partial charge in [-0.05, 0) is 61.5 Å². The fraction of sp³-hybridized carbons (Fsp3) is 0.208. The quantitative estimate of drug-likeness (QED) is 0.319. The van der Waals surface area contributed by atoms with E-state index in [2.05, 4.69) is 20.5 Å². The number of benzene rings is 3. The highest BCUT2D eigenvalue weighted by molar-refractivity contribution is 9.10. The van der Waals surface area contributed by atoms with E-state index in [0.29, 0.717) is 6.54 Å². The van der Waals surface area contributed by atoms with Crippen molar-refractivity contribution in [2.24, 2.45) is 7.05 Å². The van der Waals surface area contributed by atoms with Gasteiger partial charge in [-0.25, -0.2) is 4.98 Å². The van der Waals surface area contributed by atoms with Gasteiger partial charge < -0.3 is 9.47 Å². The van der Waals surface area contributed by atoms with Crippen molar-refractivity contribution in [1.29, 1.82) is 0 Å². The maximum Gasteiger partial charge on any atom is 0.297 e. The molecule has 0 spiro atoms. The highest BCUT2D eigenvalue weighted by Gasteiger charge is 2.15. The van der Waals surface area contributed by atoms with Crippen LogP contribution in [0, 0.1) is 6.92 Å². The molecule has 0 aliphatic rings. The molecule has 0 saturated carbocycles. The summed E-state index contributed by atoms with van der Waals surface area (Å²) in [5, 5.41) is 0. The predicted molar refractivity (Wildman–Crippen MR) is 131 cm³/mol. The number of likely N-dealkylation sites (N-methyl/N-ethyl adjacent to an activating group) is 1. The van der Waals surface area contributed by atoms with Crippen LogP contribution >= 0.6 is 15.9 Å². The number of imidazole rings is 1. The zero-order valence-corrected chi connectivity index (χ0v) is 20.5. The molecule has 4 aromatic rings. The highest BCUT2D eigenvalue weighted by atomic mass is 79.9. The fourth-order valence-corrected chi connectivity index (χ4v) is 4.73. The zero-order chi connectivity index (χ0) is 22.9. The molecule has 0 amide bonds. The Hall–Kier alpha value is -2.68. The topological polar surface area (TPSA) is 64.4 Å². The third-order valence-corrected chi connectivity index (χ3v) is 7.20. The monoisotopic (exact) mass is 513 g/mol. The molecule has 0 aliphatic heterocycles. The van der Waals surface area contributed by atoms with Crippen LogP contribution in [0.5, 0.6) is 0 Å².